The first-order valence-electron chi connectivity index (χ1n) is 6.25. The van der Waals surface area contributed by atoms with E-state index in [1.807, 2.05) is 19.1 Å². The Morgan fingerprint density at radius 1 is 1.22 bits per heavy atom. The molecule has 98 valence electrons. The van der Waals surface area contributed by atoms with Crippen molar-refractivity contribution in [1.82, 2.24) is 0 Å². The second-order valence-electron chi connectivity index (χ2n) is 4.34. The van der Waals surface area contributed by atoms with Crippen LogP contribution in [0.25, 0.3) is 0 Å². The summed E-state index contributed by atoms with van der Waals surface area (Å²) in [6, 6.07) is 11.0. The van der Waals surface area contributed by atoms with E-state index in [9.17, 15) is 8.42 Å². The third kappa shape index (κ3) is 4.15. The van der Waals surface area contributed by atoms with Gasteiger partial charge in [0, 0.05) is 0 Å². The summed E-state index contributed by atoms with van der Waals surface area (Å²) in [7, 11) is -3.23. The van der Waals surface area contributed by atoms with Crippen molar-refractivity contribution in [2.45, 2.75) is 37.9 Å². The van der Waals surface area contributed by atoms with Crippen molar-refractivity contribution in [3.8, 4) is 6.07 Å². The molecule has 0 heterocycles. The number of nitrogens with zero attached hydrogens (tertiary/aromatic N) is 1. The molecule has 1 aromatic rings. The first-order chi connectivity index (χ1) is 8.61. The summed E-state index contributed by atoms with van der Waals surface area (Å²) in [6.07, 6.45) is 2.60. The molecule has 0 aliphatic carbocycles. The van der Waals surface area contributed by atoms with E-state index in [2.05, 4.69) is 0 Å². The fraction of sp³-hybridized carbons (Fsp3) is 0.500. The normalized spacial score (nSPS) is 12.9. The van der Waals surface area contributed by atoms with Crippen LogP contribution in [0.1, 0.15) is 43.4 Å². The molecule has 18 heavy (non-hydrogen) atoms. The van der Waals surface area contributed by atoms with Crippen molar-refractivity contribution in [1.29, 1.82) is 5.26 Å². The zero-order valence-electron chi connectivity index (χ0n) is 10.7. The van der Waals surface area contributed by atoms with Gasteiger partial charge >= 0.3 is 0 Å². The Balaban J connectivity index is 2.88. The molecule has 0 fully saturated rings. The molecule has 3 nitrogen and oxygen atoms in total. The zero-order chi connectivity index (χ0) is 13.4. The van der Waals surface area contributed by atoms with Crippen LogP contribution in [0.3, 0.4) is 0 Å². The lowest BCUT2D eigenvalue weighted by Crippen LogP contribution is -2.16. The van der Waals surface area contributed by atoms with Crippen molar-refractivity contribution in [2.75, 3.05) is 5.75 Å². The predicted octanol–water partition coefficient (Wildman–Crippen LogP) is 3.25. The second kappa shape index (κ2) is 7.17. The highest BCUT2D eigenvalue weighted by atomic mass is 32.2. The number of hydrogen-bond acceptors (Lipinski definition) is 3. The third-order valence-corrected chi connectivity index (χ3v) is 5.08. The molecule has 0 aromatic heterocycles. The molecule has 0 bridgehead atoms. The minimum absolute atomic E-state index is 0.0263. The molecule has 1 atom stereocenters. The average molecular weight is 265 g/mol. The Hall–Kier alpha value is -1.34. The van der Waals surface area contributed by atoms with Gasteiger partial charge in [-0.25, -0.2) is 8.42 Å². The molecule has 1 rings (SSSR count). The summed E-state index contributed by atoms with van der Waals surface area (Å²) in [5.41, 5.74) is 0.718. The second-order valence-corrected chi connectivity index (χ2v) is 6.64. The van der Waals surface area contributed by atoms with E-state index in [0.29, 0.717) is 6.42 Å². The van der Waals surface area contributed by atoms with Gasteiger partial charge in [-0.1, -0.05) is 50.1 Å². The average Bonchev–Trinajstić information content (AvgIpc) is 2.37. The summed E-state index contributed by atoms with van der Waals surface area (Å²) >= 11 is 0. The molecule has 0 amide bonds. The van der Waals surface area contributed by atoms with E-state index < -0.39 is 15.1 Å². The number of benzene rings is 1. The summed E-state index contributed by atoms with van der Waals surface area (Å²) in [4.78, 5) is 0. The fourth-order valence-corrected chi connectivity index (χ4v) is 3.69. The maximum atomic E-state index is 12.2. The summed E-state index contributed by atoms with van der Waals surface area (Å²) < 4.78 is 24.5. The SMILES string of the molecule is CCCCCS(=O)(=O)C(CC#N)c1ccccc1. The minimum atomic E-state index is -3.23. The third-order valence-electron chi connectivity index (χ3n) is 2.91. The van der Waals surface area contributed by atoms with Crippen LogP contribution >= 0.6 is 0 Å². The molecule has 0 saturated heterocycles. The van der Waals surface area contributed by atoms with Gasteiger partial charge in [-0.2, -0.15) is 5.26 Å². The van der Waals surface area contributed by atoms with Crippen LogP contribution in [0.5, 0.6) is 0 Å². The Morgan fingerprint density at radius 3 is 2.44 bits per heavy atom. The molecule has 0 N–H and O–H groups in total. The molecule has 4 heteroatoms. The van der Waals surface area contributed by atoms with Crippen molar-refractivity contribution in [3.05, 3.63) is 35.9 Å². The summed E-state index contributed by atoms with van der Waals surface area (Å²) in [6.45, 7) is 2.04. The first kappa shape index (κ1) is 14.7. The lowest BCUT2D eigenvalue weighted by atomic mass is 10.1. The topological polar surface area (TPSA) is 57.9 Å². The van der Waals surface area contributed by atoms with Crippen LogP contribution < -0.4 is 0 Å². The van der Waals surface area contributed by atoms with Crippen LogP contribution in [0.15, 0.2) is 30.3 Å². The summed E-state index contributed by atoms with van der Waals surface area (Å²) in [5.74, 6) is 0.169. The van der Waals surface area contributed by atoms with Gasteiger partial charge in [-0.05, 0) is 12.0 Å². The van der Waals surface area contributed by atoms with Gasteiger partial charge in [0.1, 0.15) is 0 Å². The highest BCUT2D eigenvalue weighted by Gasteiger charge is 2.26. The predicted molar refractivity (Wildman–Crippen MR) is 72.7 cm³/mol. The van der Waals surface area contributed by atoms with E-state index >= 15 is 0 Å². The summed E-state index contributed by atoms with van der Waals surface area (Å²) in [5, 5.41) is 8.14. The van der Waals surface area contributed by atoms with Crippen LogP contribution in [0.4, 0.5) is 0 Å². The first-order valence-corrected chi connectivity index (χ1v) is 7.97. The van der Waals surface area contributed by atoms with E-state index in [-0.39, 0.29) is 12.2 Å². The standard InChI is InChI=1S/C14H19NO2S/c1-2-3-7-12-18(16,17)14(10-11-15)13-8-5-4-6-9-13/h4-6,8-9,14H,2-3,7,10,12H2,1H3. The molecular weight excluding hydrogens is 246 g/mol. The number of rotatable bonds is 7. The van der Waals surface area contributed by atoms with Crippen LogP contribution in [-0.2, 0) is 9.84 Å². The molecule has 0 radical (unpaired) electrons. The Labute approximate surface area is 109 Å². The van der Waals surface area contributed by atoms with Gasteiger partial charge in [0.25, 0.3) is 0 Å². The van der Waals surface area contributed by atoms with Crippen LogP contribution in [-0.4, -0.2) is 14.2 Å². The largest absolute Gasteiger partial charge is 0.228 e. The van der Waals surface area contributed by atoms with Crippen molar-refractivity contribution >= 4 is 9.84 Å². The highest BCUT2D eigenvalue weighted by molar-refractivity contribution is 7.91. The lowest BCUT2D eigenvalue weighted by Gasteiger charge is -2.15. The number of unbranched alkanes of at least 4 members (excludes halogenated alkanes) is 2. The van der Waals surface area contributed by atoms with Crippen molar-refractivity contribution < 1.29 is 8.42 Å². The van der Waals surface area contributed by atoms with Gasteiger partial charge in [0.15, 0.2) is 9.84 Å². The van der Waals surface area contributed by atoms with E-state index in [4.69, 9.17) is 5.26 Å². The zero-order valence-corrected chi connectivity index (χ0v) is 11.5. The quantitative estimate of drug-likeness (QED) is 0.711. The van der Waals surface area contributed by atoms with Gasteiger partial charge in [-0.15, -0.1) is 0 Å². The van der Waals surface area contributed by atoms with Gasteiger partial charge in [0.2, 0.25) is 0 Å². The van der Waals surface area contributed by atoms with Crippen LogP contribution in [0.2, 0.25) is 0 Å². The Morgan fingerprint density at radius 2 is 1.89 bits per heavy atom. The molecule has 0 saturated carbocycles. The smallest absolute Gasteiger partial charge is 0.158 e. The maximum absolute atomic E-state index is 12.2. The maximum Gasteiger partial charge on any atom is 0.158 e. The number of hydrogen-bond donors (Lipinski definition) is 0. The van der Waals surface area contributed by atoms with E-state index in [1.54, 1.807) is 24.3 Å². The van der Waals surface area contributed by atoms with Gasteiger partial charge in [-0.3, -0.25) is 0 Å². The lowest BCUT2D eigenvalue weighted by molar-refractivity contribution is 0.577. The van der Waals surface area contributed by atoms with Gasteiger partial charge in [0.05, 0.1) is 23.5 Å². The Bertz CT molecular complexity index is 488. The number of sulfone groups is 1. The van der Waals surface area contributed by atoms with Crippen LogP contribution in [0, 0.1) is 11.3 Å². The van der Waals surface area contributed by atoms with Crippen molar-refractivity contribution in [2.24, 2.45) is 0 Å². The minimum Gasteiger partial charge on any atom is -0.228 e. The molecule has 1 unspecified atom stereocenters. The van der Waals surface area contributed by atoms with E-state index in [1.165, 1.54) is 0 Å². The highest BCUT2D eigenvalue weighted by Crippen LogP contribution is 2.27. The molecule has 0 aliphatic rings. The van der Waals surface area contributed by atoms with E-state index in [0.717, 1.165) is 18.4 Å². The monoisotopic (exact) mass is 265 g/mol. The molecule has 0 aliphatic heterocycles. The fourth-order valence-electron chi connectivity index (χ4n) is 1.90. The van der Waals surface area contributed by atoms with Crippen molar-refractivity contribution in [3.63, 3.8) is 0 Å². The Kier molecular flexibility index (Phi) is 5.87. The van der Waals surface area contributed by atoms with Gasteiger partial charge < -0.3 is 0 Å². The molecule has 1 aromatic carbocycles. The molecule has 0 spiro atoms. The molecular formula is C14H19NO2S. The number of nitriles is 1.